The minimum Gasteiger partial charge on any atom is -0.399 e. The number of nitrogens with two attached hydrogens (primary N) is 1. The van der Waals surface area contributed by atoms with E-state index in [1.807, 2.05) is 19.1 Å². The van der Waals surface area contributed by atoms with Gasteiger partial charge < -0.3 is 11.1 Å². The van der Waals surface area contributed by atoms with Crippen LogP contribution >= 0.6 is 0 Å². The molecule has 0 aromatic heterocycles. The van der Waals surface area contributed by atoms with Crippen molar-refractivity contribution >= 4 is 17.3 Å². The molecule has 0 saturated carbocycles. The van der Waals surface area contributed by atoms with Crippen LogP contribution in [-0.2, 0) is 4.79 Å². The Kier molecular flexibility index (Phi) is 4.52. The van der Waals surface area contributed by atoms with Gasteiger partial charge in [-0.1, -0.05) is 19.1 Å². The van der Waals surface area contributed by atoms with E-state index in [1.165, 1.54) is 0 Å². The fourth-order valence-electron chi connectivity index (χ4n) is 2.06. The molecule has 0 bridgehead atoms. The Morgan fingerprint density at radius 1 is 1.14 bits per heavy atom. The zero-order valence-electron chi connectivity index (χ0n) is 11.6. The molecule has 1 unspecified atom stereocenters. The third kappa shape index (κ3) is 4.27. The van der Waals surface area contributed by atoms with Gasteiger partial charge >= 0.3 is 0 Å². The number of amides is 1. The summed E-state index contributed by atoms with van der Waals surface area (Å²) in [6.07, 6.45) is 0.210. The standard InChI is InChI=1S/C16H16F2N2O/c1-10(11-2-4-14(19)5-3-11)6-16(21)20-15-8-12(17)7-13(18)9-15/h2-5,7-10H,6,19H2,1H3,(H,20,21). The van der Waals surface area contributed by atoms with Crippen LogP contribution in [0.2, 0.25) is 0 Å². The first kappa shape index (κ1) is 15.0. The zero-order valence-corrected chi connectivity index (χ0v) is 11.6. The minimum atomic E-state index is -0.725. The Morgan fingerprint density at radius 2 is 1.71 bits per heavy atom. The van der Waals surface area contributed by atoms with E-state index < -0.39 is 11.6 Å². The predicted octanol–water partition coefficient (Wildman–Crippen LogP) is 3.68. The summed E-state index contributed by atoms with van der Waals surface area (Å²) in [5.41, 5.74) is 7.36. The van der Waals surface area contributed by atoms with Crippen molar-refractivity contribution in [1.82, 2.24) is 0 Å². The van der Waals surface area contributed by atoms with Gasteiger partial charge in [-0.05, 0) is 35.7 Å². The molecule has 3 nitrogen and oxygen atoms in total. The van der Waals surface area contributed by atoms with Gasteiger partial charge in [0.1, 0.15) is 11.6 Å². The number of carbonyl (C=O) groups is 1. The van der Waals surface area contributed by atoms with Gasteiger partial charge in [0.15, 0.2) is 0 Å². The SMILES string of the molecule is CC(CC(=O)Nc1cc(F)cc(F)c1)c1ccc(N)cc1. The number of hydrogen-bond acceptors (Lipinski definition) is 2. The molecule has 3 N–H and O–H groups in total. The molecule has 110 valence electrons. The van der Waals surface area contributed by atoms with Crippen molar-refractivity contribution < 1.29 is 13.6 Å². The number of anilines is 2. The second-order valence-electron chi connectivity index (χ2n) is 4.98. The third-order valence-electron chi connectivity index (χ3n) is 3.14. The fourth-order valence-corrected chi connectivity index (χ4v) is 2.06. The molecule has 0 radical (unpaired) electrons. The Balaban J connectivity index is 1.99. The normalized spacial score (nSPS) is 12.0. The summed E-state index contributed by atoms with van der Waals surface area (Å²) in [7, 11) is 0. The lowest BCUT2D eigenvalue weighted by Gasteiger charge is -2.12. The van der Waals surface area contributed by atoms with Crippen LogP contribution in [0.5, 0.6) is 0 Å². The van der Waals surface area contributed by atoms with E-state index in [2.05, 4.69) is 5.32 Å². The number of rotatable bonds is 4. The van der Waals surface area contributed by atoms with Crippen LogP contribution in [0.25, 0.3) is 0 Å². The summed E-state index contributed by atoms with van der Waals surface area (Å²) in [6, 6.07) is 10.2. The van der Waals surface area contributed by atoms with E-state index in [0.717, 1.165) is 23.8 Å². The van der Waals surface area contributed by atoms with Crippen molar-refractivity contribution in [2.45, 2.75) is 19.3 Å². The minimum absolute atomic E-state index is 0.0241. The van der Waals surface area contributed by atoms with Crippen molar-refractivity contribution in [3.05, 3.63) is 59.7 Å². The van der Waals surface area contributed by atoms with E-state index in [9.17, 15) is 13.6 Å². The maximum atomic E-state index is 13.0. The second kappa shape index (κ2) is 6.35. The lowest BCUT2D eigenvalue weighted by molar-refractivity contribution is -0.116. The number of nitrogen functional groups attached to an aromatic ring is 1. The summed E-state index contributed by atoms with van der Waals surface area (Å²) >= 11 is 0. The fraction of sp³-hybridized carbons (Fsp3) is 0.188. The smallest absolute Gasteiger partial charge is 0.224 e. The zero-order chi connectivity index (χ0) is 15.4. The van der Waals surface area contributed by atoms with E-state index >= 15 is 0 Å². The molecule has 0 saturated heterocycles. The molecule has 1 atom stereocenters. The molecule has 0 heterocycles. The number of hydrogen-bond donors (Lipinski definition) is 2. The second-order valence-corrected chi connectivity index (χ2v) is 4.98. The van der Waals surface area contributed by atoms with Crippen LogP contribution in [0.4, 0.5) is 20.2 Å². The topological polar surface area (TPSA) is 55.1 Å². The molecular formula is C16H16F2N2O. The van der Waals surface area contributed by atoms with Gasteiger partial charge in [-0.2, -0.15) is 0 Å². The number of benzene rings is 2. The van der Waals surface area contributed by atoms with Gasteiger partial charge in [0.2, 0.25) is 5.91 Å². The first-order valence-corrected chi connectivity index (χ1v) is 6.55. The van der Waals surface area contributed by atoms with Gasteiger partial charge in [0.25, 0.3) is 0 Å². The number of nitrogens with one attached hydrogen (secondary N) is 1. The number of halogens is 2. The van der Waals surface area contributed by atoms with Crippen molar-refractivity contribution in [2.75, 3.05) is 11.1 Å². The van der Waals surface area contributed by atoms with Gasteiger partial charge in [-0.25, -0.2) is 8.78 Å². The quantitative estimate of drug-likeness (QED) is 0.844. The van der Waals surface area contributed by atoms with E-state index in [0.29, 0.717) is 5.69 Å². The highest BCUT2D eigenvalue weighted by Gasteiger charge is 2.12. The van der Waals surface area contributed by atoms with Gasteiger partial charge in [0, 0.05) is 23.9 Å². The van der Waals surface area contributed by atoms with Crippen molar-refractivity contribution in [2.24, 2.45) is 0 Å². The molecule has 2 rings (SSSR count). The molecular weight excluding hydrogens is 274 g/mol. The summed E-state index contributed by atoms with van der Waals surface area (Å²) < 4.78 is 26.1. The molecule has 21 heavy (non-hydrogen) atoms. The Morgan fingerprint density at radius 3 is 2.29 bits per heavy atom. The highest BCUT2D eigenvalue weighted by molar-refractivity contribution is 5.91. The van der Waals surface area contributed by atoms with Gasteiger partial charge in [-0.3, -0.25) is 4.79 Å². The maximum Gasteiger partial charge on any atom is 0.224 e. The average molecular weight is 290 g/mol. The molecule has 2 aromatic carbocycles. The first-order chi connectivity index (χ1) is 9.94. The molecule has 0 aliphatic heterocycles. The van der Waals surface area contributed by atoms with Crippen molar-refractivity contribution in [1.29, 1.82) is 0 Å². The molecule has 0 aliphatic carbocycles. The van der Waals surface area contributed by atoms with E-state index in [4.69, 9.17) is 5.73 Å². The molecule has 0 aliphatic rings. The Labute approximate surface area is 121 Å². The van der Waals surface area contributed by atoms with Crippen LogP contribution in [0.1, 0.15) is 24.8 Å². The highest BCUT2D eigenvalue weighted by Crippen LogP contribution is 2.21. The van der Waals surface area contributed by atoms with Gasteiger partial charge in [-0.15, -0.1) is 0 Å². The molecule has 5 heteroatoms. The van der Waals surface area contributed by atoms with Crippen LogP contribution in [-0.4, -0.2) is 5.91 Å². The van der Waals surface area contributed by atoms with Crippen molar-refractivity contribution in [3.8, 4) is 0 Å². The maximum absolute atomic E-state index is 13.0. The summed E-state index contributed by atoms with van der Waals surface area (Å²) in [5.74, 6) is -1.78. The van der Waals surface area contributed by atoms with E-state index in [1.54, 1.807) is 12.1 Å². The predicted molar refractivity (Wildman–Crippen MR) is 78.9 cm³/mol. The monoisotopic (exact) mass is 290 g/mol. The van der Waals surface area contributed by atoms with Gasteiger partial charge in [0.05, 0.1) is 0 Å². The van der Waals surface area contributed by atoms with Crippen LogP contribution < -0.4 is 11.1 Å². The van der Waals surface area contributed by atoms with Crippen LogP contribution in [0.15, 0.2) is 42.5 Å². The average Bonchev–Trinajstić information content (AvgIpc) is 2.37. The molecule has 2 aromatic rings. The molecule has 0 fully saturated rings. The number of carbonyl (C=O) groups excluding carboxylic acids is 1. The molecule has 0 spiro atoms. The highest BCUT2D eigenvalue weighted by atomic mass is 19.1. The summed E-state index contributed by atoms with van der Waals surface area (Å²) in [5, 5.41) is 2.49. The summed E-state index contributed by atoms with van der Waals surface area (Å²) in [6.45, 7) is 1.90. The third-order valence-corrected chi connectivity index (χ3v) is 3.14. The van der Waals surface area contributed by atoms with Crippen LogP contribution in [0.3, 0.4) is 0 Å². The largest absolute Gasteiger partial charge is 0.399 e. The molecule has 1 amide bonds. The Hall–Kier alpha value is -2.43. The Bertz CT molecular complexity index is 621. The lowest BCUT2D eigenvalue weighted by atomic mass is 9.97. The summed E-state index contributed by atoms with van der Waals surface area (Å²) in [4.78, 5) is 11.9. The first-order valence-electron chi connectivity index (χ1n) is 6.55. The van der Waals surface area contributed by atoms with Crippen molar-refractivity contribution in [3.63, 3.8) is 0 Å². The van der Waals surface area contributed by atoms with Crippen LogP contribution in [0, 0.1) is 11.6 Å². The van der Waals surface area contributed by atoms with E-state index in [-0.39, 0.29) is 23.9 Å². The lowest BCUT2D eigenvalue weighted by Crippen LogP contribution is -2.14.